The van der Waals surface area contributed by atoms with Gasteiger partial charge in [-0.1, -0.05) is 13.3 Å². The third-order valence-corrected chi connectivity index (χ3v) is 3.67. The highest BCUT2D eigenvalue weighted by atomic mass is 19.1. The fourth-order valence-corrected chi connectivity index (χ4v) is 2.63. The zero-order valence-corrected chi connectivity index (χ0v) is 10.2. The van der Waals surface area contributed by atoms with E-state index in [4.69, 9.17) is 0 Å². The fourth-order valence-electron chi connectivity index (χ4n) is 2.63. The average molecular weight is 239 g/mol. The summed E-state index contributed by atoms with van der Waals surface area (Å²) in [4.78, 5) is 0. The predicted octanol–water partition coefficient (Wildman–Crippen LogP) is 3.29. The van der Waals surface area contributed by atoms with E-state index >= 15 is 0 Å². The minimum absolute atomic E-state index is 0.218. The molecule has 1 nitrogen and oxygen atoms in total. The highest BCUT2D eigenvalue weighted by Gasteiger charge is 2.36. The second kappa shape index (κ2) is 5.13. The van der Waals surface area contributed by atoms with Crippen LogP contribution in [0.2, 0.25) is 0 Å². The van der Waals surface area contributed by atoms with E-state index in [9.17, 15) is 8.78 Å². The maximum Gasteiger partial charge on any atom is 0.126 e. The van der Waals surface area contributed by atoms with Crippen molar-refractivity contribution in [1.82, 2.24) is 5.32 Å². The molecule has 1 N–H and O–H groups in total. The highest BCUT2D eigenvalue weighted by molar-refractivity contribution is 5.20. The van der Waals surface area contributed by atoms with Crippen molar-refractivity contribution in [2.75, 3.05) is 13.1 Å². The Kier molecular flexibility index (Phi) is 3.77. The van der Waals surface area contributed by atoms with Gasteiger partial charge in [0, 0.05) is 12.6 Å². The molecule has 0 heterocycles. The molecule has 1 aromatic rings. The molecule has 0 unspecified atom stereocenters. The smallest absolute Gasteiger partial charge is 0.126 e. The first-order chi connectivity index (χ1) is 8.13. The van der Waals surface area contributed by atoms with Gasteiger partial charge in [-0.25, -0.2) is 8.78 Å². The van der Waals surface area contributed by atoms with Gasteiger partial charge in [-0.3, -0.25) is 0 Å². The molecule has 2 rings (SSSR count). The van der Waals surface area contributed by atoms with E-state index < -0.39 is 11.6 Å². The average Bonchev–Trinajstić information content (AvgIpc) is 2.20. The molecule has 0 spiro atoms. The Balaban J connectivity index is 2.07. The molecule has 1 saturated carbocycles. The molecule has 1 fully saturated rings. The third kappa shape index (κ3) is 3.03. The lowest BCUT2D eigenvalue weighted by atomic mass is 9.65. The SMILES string of the molecule is CCNCC1(Cc2cc(F)cc(F)c2)CCC1. The van der Waals surface area contributed by atoms with Crippen molar-refractivity contribution in [2.24, 2.45) is 5.41 Å². The summed E-state index contributed by atoms with van der Waals surface area (Å²) in [6.07, 6.45) is 4.30. The summed E-state index contributed by atoms with van der Waals surface area (Å²) < 4.78 is 26.2. The Morgan fingerprint density at radius 3 is 2.29 bits per heavy atom. The number of hydrogen-bond acceptors (Lipinski definition) is 1. The number of halogens is 2. The van der Waals surface area contributed by atoms with E-state index in [-0.39, 0.29) is 5.41 Å². The first-order valence-corrected chi connectivity index (χ1v) is 6.29. The first kappa shape index (κ1) is 12.5. The standard InChI is InChI=1S/C14H19F2N/c1-2-17-10-14(4-3-5-14)9-11-6-12(15)8-13(16)7-11/h6-8,17H,2-5,9-10H2,1H3. The molecule has 0 radical (unpaired) electrons. The van der Waals surface area contributed by atoms with Crippen molar-refractivity contribution >= 4 is 0 Å². The van der Waals surface area contributed by atoms with E-state index in [1.165, 1.54) is 18.6 Å². The summed E-state index contributed by atoms with van der Waals surface area (Å²) >= 11 is 0. The molecular formula is C14H19F2N. The van der Waals surface area contributed by atoms with Crippen LogP contribution in [0.25, 0.3) is 0 Å². The Morgan fingerprint density at radius 2 is 1.82 bits per heavy atom. The van der Waals surface area contributed by atoms with Gasteiger partial charge in [0.1, 0.15) is 11.6 Å². The number of rotatable bonds is 5. The van der Waals surface area contributed by atoms with Crippen LogP contribution in [0.3, 0.4) is 0 Å². The van der Waals surface area contributed by atoms with Crippen LogP contribution >= 0.6 is 0 Å². The molecule has 0 amide bonds. The molecule has 1 aliphatic rings. The van der Waals surface area contributed by atoms with Crippen molar-refractivity contribution in [2.45, 2.75) is 32.6 Å². The molecule has 0 aromatic heterocycles. The van der Waals surface area contributed by atoms with Gasteiger partial charge >= 0.3 is 0 Å². The van der Waals surface area contributed by atoms with E-state index in [0.717, 1.165) is 44.0 Å². The number of benzene rings is 1. The minimum Gasteiger partial charge on any atom is -0.316 e. The predicted molar refractivity (Wildman–Crippen MR) is 64.9 cm³/mol. The normalized spacial score (nSPS) is 17.8. The second-order valence-electron chi connectivity index (χ2n) is 5.09. The maximum absolute atomic E-state index is 13.1. The molecule has 17 heavy (non-hydrogen) atoms. The van der Waals surface area contributed by atoms with Gasteiger partial charge in [0.2, 0.25) is 0 Å². The molecular weight excluding hydrogens is 220 g/mol. The molecule has 1 aliphatic carbocycles. The molecule has 0 saturated heterocycles. The van der Waals surface area contributed by atoms with Crippen LogP contribution in [-0.2, 0) is 6.42 Å². The topological polar surface area (TPSA) is 12.0 Å². The molecule has 0 atom stereocenters. The summed E-state index contributed by atoms with van der Waals surface area (Å²) in [6.45, 7) is 3.97. The van der Waals surface area contributed by atoms with Gasteiger partial charge in [0.15, 0.2) is 0 Å². The fraction of sp³-hybridized carbons (Fsp3) is 0.571. The van der Waals surface area contributed by atoms with Gasteiger partial charge in [-0.05, 0) is 48.9 Å². The second-order valence-corrected chi connectivity index (χ2v) is 5.09. The summed E-state index contributed by atoms with van der Waals surface area (Å²) in [5.41, 5.74) is 0.996. The number of nitrogens with one attached hydrogen (secondary N) is 1. The highest BCUT2D eigenvalue weighted by Crippen LogP contribution is 2.43. The van der Waals surface area contributed by atoms with Crippen molar-refractivity contribution in [1.29, 1.82) is 0 Å². The van der Waals surface area contributed by atoms with Crippen LogP contribution in [0.4, 0.5) is 8.78 Å². The molecule has 0 bridgehead atoms. The van der Waals surface area contributed by atoms with Gasteiger partial charge in [0.25, 0.3) is 0 Å². The quantitative estimate of drug-likeness (QED) is 0.831. The molecule has 94 valence electrons. The van der Waals surface area contributed by atoms with E-state index in [1.54, 1.807) is 0 Å². The van der Waals surface area contributed by atoms with Crippen molar-refractivity contribution in [3.05, 3.63) is 35.4 Å². The third-order valence-electron chi connectivity index (χ3n) is 3.67. The van der Waals surface area contributed by atoms with Crippen LogP contribution < -0.4 is 5.32 Å². The first-order valence-electron chi connectivity index (χ1n) is 6.29. The Hall–Kier alpha value is -0.960. The van der Waals surface area contributed by atoms with Crippen LogP contribution in [0.15, 0.2) is 18.2 Å². The number of hydrogen-bond donors (Lipinski definition) is 1. The Labute approximate surface area is 101 Å². The largest absolute Gasteiger partial charge is 0.316 e. The van der Waals surface area contributed by atoms with Crippen LogP contribution in [0.5, 0.6) is 0 Å². The lowest BCUT2D eigenvalue weighted by molar-refractivity contribution is 0.131. The molecule has 3 heteroatoms. The van der Waals surface area contributed by atoms with E-state index in [1.807, 2.05) is 0 Å². The minimum atomic E-state index is -0.474. The van der Waals surface area contributed by atoms with Gasteiger partial charge < -0.3 is 5.32 Å². The summed E-state index contributed by atoms with van der Waals surface area (Å²) in [7, 11) is 0. The van der Waals surface area contributed by atoms with Crippen molar-refractivity contribution in [3.8, 4) is 0 Å². The van der Waals surface area contributed by atoms with Crippen LogP contribution in [0.1, 0.15) is 31.7 Å². The zero-order valence-electron chi connectivity index (χ0n) is 10.2. The van der Waals surface area contributed by atoms with Gasteiger partial charge in [-0.2, -0.15) is 0 Å². The lowest BCUT2D eigenvalue weighted by Crippen LogP contribution is -2.41. The maximum atomic E-state index is 13.1. The monoisotopic (exact) mass is 239 g/mol. The van der Waals surface area contributed by atoms with Crippen LogP contribution in [0, 0.1) is 17.0 Å². The Morgan fingerprint density at radius 1 is 1.18 bits per heavy atom. The molecule has 1 aromatic carbocycles. The van der Waals surface area contributed by atoms with Gasteiger partial charge in [0.05, 0.1) is 0 Å². The summed E-state index contributed by atoms with van der Waals surface area (Å²) in [5, 5.41) is 3.35. The van der Waals surface area contributed by atoms with E-state index in [0.29, 0.717) is 0 Å². The van der Waals surface area contributed by atoms with E-state index in [2.05, 4.69) is 12.2 Å². The lowest BCUT2D eigenvalue weighted by Gasteiger charge is -2.42. The van der Waals surface area contributed by atoms with Crippen molar-refractivity contribution in [3.63, 3.8) is 0 Å². The van der Waals surface area contributed by atoms with Crippen LogP contribution in [-0.4, -0.2) is 13.1 Å². The van der Waals surface area contributed by atoms with Gasteiger partial charge in [-0.15, -0.1) is 0 Å². The van der Waals surface area contributed by atoms with Crippen molar-refractivity contribution < 1.29 is 8.78 Å². The summed E-state index contributed by atoms with van der Waals surface area (Å²) in [5.74, 6) is -0.948. The summed E-state index contributed by atoms with van der Waals surface area (Å²) in [6, 6.07) is 3.84. The molecule has 0 aliphatic heterocycles. The zero-order chi connectivity index (χ0) is 12.3. The Bertz CT molecular complexity index is 366.